The molecule has 14 nitrogen and oxygen atoms in total. The van der Waals surface area contributed by atoms with Crippen molar-refractivity contribution in [1.82, 2.24) is 55.1 Å². The predicted octanol–water partition coefficient (Wildman–Crippen LogP) is 2.94. The number of likely N-dealkylation sites (tertiary alicyclic amines) is 3. The van der Waals surface area contributed by atoms with E-state index in [-0.39, 0.29) is 7.43 Å². The van der Waals surface area contributed by atoms with E-state index in [1.165, 1.54) is 214 Å². The van der Waals surface area contributed by atoms with Crippen molar-refractivity contribution in [2.75, 3.05) is 219 Å². The van der Waals surface area contributed by atoms with Gasteiger partial charge in [0, 0.05) is 78.5 Å². The molecule has 63 heavy (non-hydrogen) atoms. The SMILES string of the molecule is C.CCNCCCN(C)C.CN1CCN(CCN)CC1.CNCCCCN1CCCCC1.CNCCCN1CCN(C)CC1.NCCCN1CCCCC1.NCCN1CCCCC1. The number of hydrogen-bond donors (Lipinski definition) is 6. The summed E-state index contributed by atoms with van der Waals surface area (Å²) in [6.45, 7) is 33.9. The van der Waals surface area contributed by atoms with Gasteiger partial charge in [-0.3, -0.25) is 4.90 Å². The Balaban J connectivity index is 0. The molecule has 0 bridgehead atoms. The lowest BCUT2D eigenvalue weighted by atomic mass is 10.1. The Labute approximate surface area is 394 Å². The third-order valence-electron chi connectivity index (χ3n) is 12.4. The second-order valence-electron chi connectivity index (χ2n) is 18.5. The summed E-state index contributed by atoms with van der Waals surface area (Å²) < 4.78 is 0. The molecule has 0 radical (unpaired) electrons. The minimum absolute atomic E-state index is 0. The molecule has 0 saturated carbocycles. The summed E-state index contributed by atoms with van der Waals surface area (Å²) in [7, 11) is 12.6. The fourth-order valence-electron chi connectivity index (χ4n) is 8.19. The monoisotopic (exact) mass is 901 g/mol. The minimum Gasteiger partial charge on any atom is -0.330 e. The predicted molar refractivity (Wildman–Crippen MR) is 281 cm³/mol. The van der Waals surface area contributed by atoms with E-state index in [1.807, 2.05) is 14.1 Å². The van der Waals surface area contributed by atoms with E-state index in [0.29, 0.717) is 0 Å². The number of nitrogens with zero attached hydrogens (tertiary/aromatic N) is 8. The molecule has 14 heteroatoms. The first kappa shape index (κ1) is 64.5. The van der Waals surface area contributed by atoms with Gasteiger partial charge in [0.1, 0.15) is 0 Å². The van der Waals surface area contributed by atoms with Crippen LogP contribution in [0.15, 0.2) is 0 Å². The Morgan fingerprint density at radius 2 is 0.778 bits per heavy atom. The summed E-state index contributed by atoms with van der Waals surface area (Å²) in [6, 6.07) is 0. The molecule has 0 amide bonds. The van der Waals surface area contributed by atoms with Crippen LogP contribution in [0.4, 0.5) is 0 Å². The molecule has 0 spiro atoms. The van der Waals surface area contributed by atoms with Crippen molar-refractivity contribution in [1.29, 1.82) is 0 Å². The Hall–Kier alpha value is -0.560. The second-order valence-corrected chi connectivity index (χ2v) is 18.5. The van der Waals surface area contributed by atoms with E-state index in [4.69, 9.17) is 17.2 Å². The van der Waals surface area contributed by atoms with Crippen LogP contribution in [-0.4, -0.2) is 258 Å². The van der Waals surface area contributed by atoms with Crippen molar-refractivity contribution in [3.8, 4) is 0 Å². The van der Waals surface area contributed by atoms with Gasteiger partial charge < -0.3 is 67.5 Å². The lowest BCUT2D eigenvalue weighted by molar-refractivity contribution is 0.153. The number of hydrogen-bond acceptors (Lipinski definition) is 14. The van der Waals surface area contributed by atoms with E-state index < -0.39 is 0 Å². The minimum atomic E-state index is 0. The van der Waals surface area contributed by atoms with Crippen LogP contribution in [0, 0.1) is 0 Å². The molecule has 5 rings (SSSR count). The maximum atomic E-state index is 5.44. The van der Waals surface area contributed by atoms with Crippen LogP contribution < -0.4 is 33.2 Å². The smallest absolute Gasteiger partial charge is 0.0110 e. The normalized spacial score (nSPS) is 19.7. The lowest BCUT2D eigenvalue weighted by Crippen LogP contribution is -2.45. The van der Waals surface area contributed by atoms with Crippen LogP contribution in [0.3, 0.4) is 0 Å². The van der Waals surface area contributed by atoms with Crippen molar-refractivity contribution in [3.05, 3.63) is 0 Å². The summed E-state index contributed by atoms with van der Waals surface area (Å²) in [4.78, 5) is 19.5. The van der Waals surface area contributed by atoms with Crippen LogP contribution in [0.1, 0.15) is 104 Å². The molecule has 0 aliphatic carbocycles. The summed E-state index contributed by atoms with van der Waals surface area (Å²) in [6.07, 6.45) is 19.1. The van der Waals surface area contributed by atoms with Crippen LogP contribution in [0.25, 0.3) is 0 Å². The number of piperazine rings is 2. The van der Waals surface area contributed by atoms with Crippen LogP contribution >= 0.6 is 0 Å². The molecule has 5 saturated heterocycles. The highest BCUT2D eigenvalue weighted by Crippen LogP contribution is 2.10. The van der Waals surface area contributed by atoms with E-state index in [0.717, 1.165) is 52.4 Å². The molecule has 0 unspecified atom stereocenters. The van der Waals surface area contributed by atoms with Gasteiger partial charge in [-0.05, 0) is 211 Å². The van der Waals surface area contributed by atoms with Gasteiger partial charge in [0.15, 0.2) is 0 Å². The topological polar surface area (TPSA) is 140 Å². The van der Waals surface area contributed by atoms with Gasteiger partial charge in [-0.1, -0.05) is 33.6 Å². The summed E-state index contributed by atoms with van der Waals surface area (Å²) in [5, 5.41) is 9.64. The maximum absolute atomic E-state index is 5.44. The summed E-state index contributed by atoms with van der Waals surface area (Å²) in [5.74, 6) is 0. The number of piperidine rings is 3. The Kier molecular flexibility index (Phi) is 50.5. The molecular weight excluding hydrogens is 785 g/mol. The molecule has 5 aliphatic rings. The van der Waals surface area contributed by atoms with Gasteiger partial charge >= 0.3 is 0 Å². The maximum Gasteiger partial charge on any atom is 0.0110 e. The van der Waals surface area contributed by atoms with Gasteiger partial charge in [-0.2, -0.15) is 0 Å². The average Bonchev–Trinajstić information content (AvgIpc) is 3.30. The van der Waals surface area contributed by atoms with Crippen molar-refractivity contribution in [2.24, 2.45) is 17.2 Å². The zero-order chi connectivity index (χ0) is 45.7. The van der Waals surface area contributed by atoms with Crippen LogP contribution in [0.5, 0.6) is 0 Å². The second kappa shape index (κ2) is 49.3. The highest BCUT2D eigenvalue weighted by Gasteiger charge is 2.13. The van der Waals surface area contributed by atoms with E-state index in [9.17, 15) is 0 Å². The zero-order valence-corrected chi connectivity index (χ0v) is 42.8. The number of likely N-dealkylation sites (N-methyl/N-ethyl adjacent to an activating group) is 2. The van der Waals surface area contributed by atoms with Crippen molar-refractivity contribution < 1.29 is 0 Å². The van der Waals surface area contributed by atoms with Crippen molar-refractivity contribution >= 4 is 0 Å². The molecule has 0 atom stereocenters. The summed E-state index contributed by atoms with van der Waals surface area (Å²) >= 11 is 0. The zero-order valence-electron chi connectivity index (χ0n) is 42.8. The summed E-state index contributed by atoms with van der Waals surface area (Å²) in [5.41, 5.74) is 16.3. The van der Waals surface area contributed by atoms with Crippen molar-refractivity contribution in [3.63, 3.8) is 0 Å². The number of nitrogens with one attached hydrogen (secondary N) is 3. The molecule has 0 aromatic heterocycles. The van der Waals surface area contributed by atoms with Gasteiger partial charge in [0.05, 0.1) is 0 Å². The average molecular weight is 902 g/mol. The standard InChI is InChI=1S/C10H22N2.C9H21N3.C8H18N2.C7H17N3.C7H16N2.C7H18N2.CH4/c1-11-7-3-6-10-12-8-4-2-5-9-12;1-10-4-3-5-12-8-6-11(2)7-9-12;9-5-4-8-10-6-2-1-3-7-10;1-9-4-6-10(3-2-8)7-5-9;8-4-7-9-5-2-1-3-6-9;1-4-8-6-5-7-9(2)3;/h11H,2-10H2,1H3;10H,3-9H2,1-2H3;1-9H2;2-8H2,1H3;1-8H2;8H,4-7H2,1-3H3;1H4. The highest BCUT2D eigenvalue weighted by atomic mass is 15.3. The first-order valence-corrected chi connectivity index (χ1v) is 26.0. The molecule has 5 fully saturated rings. The molecule has 9 N–H and O–H groups in total. The van der Waals surface area contributed by atoms with Gasteiger partial charge in [0.2, 0.25) is 0 Å². The fraction of sp³-hybridized carbons (Fsp3) is 1.00. The Morgan fingerprint density at radius 1 is 0.413 bits per heavy atom. The fourth-order valence-corrected chi connectivity index (χ4v) is 8.19. The quantitative estimate of drug-likeness (QED) is 0.0942. The largest absolute Gasteiger partial charge is 0.330 e. The van der Waals surface area contributed by atoms with Gasteiger partial charge in [0.25, 0.3) is 0 Å². The molecular formula is C49H116N14. The van der Waals surface area contributed by atoms with Gasteiger partial charge in [-0.25, -0.2) is 0 Å². The molecule has 0 aromatic carbocycles. The van der Waals surface area contributed by atoms with E-state index in [1.54, 1.807) is 0 Å². The molecule has 5 aliphatic heterocycles. The van der Waals surface area contributed by atoms with Crippen LogP contribution in [0.2, 0.25) is 0 Å². The third kappa shape index (κ3) is 43.7. The highest BCUT2D eigenvalue weighted by molar-refractivity contribution is 4.70. The Bertz CT molecular complexity index is 833. The molecule has 382 valence electrons. The first-order valence-electron chi connectivity index (χ1n) is 26.0. The number of unbranched alkanes of at least 4 members (excludes halogenated alkanes) is 1. The van der Waals surface area contributed by atoms with E-state index >= 15 is 0 Å². The Morgan fingerprint density at radius 3 is 1.16 bits per heavy atom. The molecule has 0 aromatic rings. The van der Waals surface area contributed by atoms with Gasteiger partial charge in [-0.15, -0.1) is 0 Å². The van der Waals surface area contributed by atoms with Crippen molar-refractivity contribution in [2.45, 2.75) is 104 Å². The number of nitrogens with two attached hydrogens (primary N) is 3. The molecule has 5 heterocycles. The lowest BCUT2D eigenvalue weighted by Gasteiger charge is -2.32. The third-order valence-corrected chi connectivity index (χ3v) is 12.4. The van der Waals surface area contributed by atoms with Crippen LogP contribution in [-0.2, 0) is 0 Å². The first-order chi connectivity index (χ1) is 30.2. The van der Waals surface area contributed by atoms with E-state index in [2.05, 4.69) is 90.3 Å². The number of rotatable bonds is 21.